The summed E-state index contributed by atoms with van der Waals surface area (Å²) in [4.78, 5) is 28.9. The first-order chi connectivity index (χ1) is 14.0. The van der Waals surface area contributed by atoms with Crippen molar-refractivity contribution in [3.05, 3.63) is 59.4 Å². The van der Waals surface area contributed by atoms with Crippen molar-refractivity contribution in [3.63, 3.8) is 0 Å². The lowest BCUT2D eigenvalue weighted by molar-refractivity contribution is -0.130. The number of hydrogen-bond acceptors (Lipinski definition) is 4. The van der Waals surface area contributed by atoms with E-state index in [1.165, 1.54) is 12.1 Å². The highest BCUT2D eigenvalue weighted by molar-refractivity contribution is 5.97. The number of benzene rings is 2. The van der Waals surface area contributed by atoms with Crippen molar-refractivity contribution in [1.29, 1.82) is 0 Å². The molecule has 2 aliphatic heterocycles. The molecular weight excluding hydrogens is 373 g/mol. The lowest BCUT2D eigenvalue weighted by Crippen LogP contribution is -2.36. The first kappa shape index (κ1) is 17.8. The summed E-state index contributed by atoms with van der Waals surface area (Å²) in [6.07, 6.45) is 0. The maximum atomic E-state index is 13.8. The zero-order valence-corrected chi connectivity index (χ0v) is 15.9. The largest absolute Gasteiger partial charge is 0.338 e. The zero-order valence-electron chi connectivity index (χ0n) is 15.9. The van der Waals surface area contributed by atoms with Gasteiger partial charge in [0.05, 0.1) is 6.04 Å². The molecule has 3 heterocycles. The molecule has 0 radical (unpaired) electrons. The van der Waals surface area contributed by atoms with Gasteiger partial charge in [0.1, 0.15) is 16.9 Å². The lowest BCUT2D eigenvalue weighted by Gasteiger charge is -2.29. The van der Waals surface area contributed by atoms with Crippen LogP contribution in [0.25, 0.3) is 11.0 Å². The molecule has 2 saturated heterocycles. The van der Waals surface area contributed by atoms with Crippen LogP contribution in [0.5, 0.6) is 0 Å². The Bertz CT molecular complexity index is 1110. The van der Waals surface area contributed by atoms with Gasteiger partial charge >= 0.3 is 0 Å². The Labute approximate surface area is 166 Å². The molecule has 0 aliphatic carbocycles. The summed E-state index contributed by atoms with van der Waals surface area (Å²) >= 11 is 0. The summed E-state index contributed by atoms with van der Waals surface area (Å²) in [6, 6.07) is 11.5. The third kappa shape index (κ3) is 2.95. The Kier molecular flexibility index (Phi) is 4.08. The molecule has 2 aromatic carbocycles. The van der Waals surface area contributed by atoms with E-state index in [0.29, 0.717) is 36.2 Å². The van der Waals surface area contributed by atoms with E-state index in [-0.39, 0.29) is 35.5 Å². The number of rotatable bonds is 2. The number of H-pyrrole nitrogens is 1. The van der Waals surface area contributed by atoms with Crippen LogP contribution in [-0.2, 0) is 4.79 Å². The number of aromatic nitrogens is 3. The highest BCUT2D eigenvalue weighted by Gasteiger charge is 2.49. The minimum atomic E-state index is -0.318. The maximum absolute atomic E-state index is 13.8. The quantitative estimate of drug-likeness (QED) is 0.725. The number of aromatic amines is 1. The SMILES string of the molecule is CC(=O)N1C[C@H]2CN(C(=O)c3ccc4n[nH]nc4c3)C[C@H]2[C@@H]1c1cccc(F)c1. The highest BCUT2D eigenvalue weighted by atomic mass is 19.1. The van der Waals surface area contributed by atoms with Gasteiger partial charge in [-0.25, -0.2) is 4.39 Å². The smallest absolute Gasteiger partial charge is 0.253 e. The number of hydrogen-bond donors (Lipinski definition) is 1. The van der Waals surface area contributed by atoms with Gasteiger partial charge in [-0.3, -0.25) is 9.59 Å². The topological polar surface area (TPSA) is 82.2 Å². The maximum Gasteiger partial charge on any atom is 0.253 e. The molecule has 148 valence electrons. The number of halogens is 1. The van der Waals surface area contributed by atoms with Gasteiger partial charge in [-0.2, -0.15) is 15.4 Å². The van der Waals surface area contributed by atoms with Crippen molar-refractivity contribution in [2.24, 2.45) is 11.8 Å². The number of likely N-dealkylation sites (tertiary alicyclic amines) is 2. The Balaban J connectivity index is 1.42. The molecule has 3 aromatic rings. The van der Waals surface area contributed by atoms with E-state index in [1.54, 1.807) is 31.2 Å². The molecule has 0 spiro atoms. The van der Waals surface area contributed by atoms with Crippen molar-refractivity contribution < 1.29 is 14.0 Å². The van der Waals surface area contributed by atoms with Gasteiger partial charge in [0.25, 0.3) is 5.91 Å². The third-order valence-corrected chi connectivity index (χ3v) is 6.11. The second-order valence-corrected chi connectivity index (χ2v) is 7.83. The molecule has 29 heavy (non-hydrogen) atoms. The van der Waals surface area contributed by atoms with E-state index in [2.05, 4.69) is 15.4 Å². The monoisotopic (exact) mass is 393 g/mol. The molecule has 8 heteroatoms. The van der Waals surface area contributed by atoms with Crippen LogP contribution in [0.4, 0.5) is 4.39 Å². The van der Waals surface area contributed by atoms with Gasteiger partial charge in [0.2, 0.25) is 5.91 Å². The van der Waals surface area contributed by atoms with Crippen LogP contribution in [0.3, 0.4) is 0 Å². The molecular formula is C21H20FN5O2. The fourth-order valence-corrected chi connectivity index (χ4v) is 4.81. The molecule has 2 amide bonds. The normalized spacial score (nSPS) is 23.6. The fraction of sp³-hybridized carbons (Fsp3) is 0.333. The van der Waals surface area contributed by atoms with Crippen LogP contribution in [0, 0.1) is 17.7 Å². The van der Waals surface area contributed by atoms with Crippen LogP contribution >= 0.6 is 0 Å². The zero-order chi connectivity index (χ0) is 20.1. The minimum Gasteiger partial charge on any atom is -0.338 e. The molecule has 0 unspecified atom stereocenters. The van der Waals surface area contributed by atoms with E-state index >= 15 is 0 Å². The molecule has 0 saturated carbocycles. The van der Waals surface area contributed by atoms with E-state index in [9.17, 15) is 14.0 Å². The minimum absolute atomic E-state index is 0.0250. The Morgan fingerprint density at radius 1 is 1.07 bits per heavy atom. The molecule has 1 N–H and O–H groups in total. The van der Waals surface area contributed by atoms with Gasteiger partial charge in [0.15, 0.2) is 0 Å². The van der Waals surface area contributed by atoms with Gasteiger partial charge in [-0.1, -0.05) is 12.1 Å². The van der Waals surface area contributed by atoms with Crippen LogP contribution in [-0.4, -0.2) is 56.7 Å². The standard InChI is InChI=1S/C21H20FN5O2/c1-12(28)27-10-15-9-26(11-17(15)20(27)13-3-2-4-16(22)7-13)21(29)14-5-6-18-19(8-14)24-25-23-18/h2-8,15,17,20H,9-11H2,1H3,(H,23,24,25)/t15-,17-,20+/m1/s1. The second-order valence-electron chi connectivity index (χ2n) is 7.83. The summed E-state index contributed by atoms with van der Waals surface area (Å²) < 4.78 is 13.8. The molecule has 7 nitrogen and oxygen atoms in total. The first-order valence-electron chi connectivity index (χ1n) is 9.64. The van der Waals surface area contributed by atoms with Crippen molar-refractivity contribution in [2.45, 2.75) is 13.0 Å². The number of nitrogens with zero attached hydrogens (tertiary/aromatic N) is 4. The highest BCUT2D eigenvalue weighted by Crippen LogP contribution is 2.45. The van der Waals surface area contributed by atoms with Crippen molar-refractivity contribution >= 4 is 22.8 Å². The van der Waals surface area contributed by atoms with Gasteiger partial charge < -0.3 is 9.80 Å². The molecule has 3 atom stereocenters. The fourth-order valence-electron chi connectivity index (χ4n) is 4.81. The summed E-state index contributed by atoms with van der Waals surface area (Å²) in [5, 5.41) is 10.6. The molecule has 2 fully saturated rings. The molecule has 0 bridgehead atoms. The number of amides is 2. The predicted octanol–water partition coefficient (Wildman–Crippen LogP) is 2.39. The van der Waals surface area contributed by atoms with Gasteiger partial charge in [-0.05, 0) is 35.9 Å². The predicted molar refractivity (Wildman–Crippen MR) is 103 cm³/mol. The van der Waals surface area contributed by atoms with Crippen LogP contribution in [0.2, 0.25) is 0 Å². The molecule has 1 aromatic heterocycles. The Hall–Kier alpha value is -3.29. The van der Waals surface area contributed by atoms with Crippen molar-refractivity contribution in [3.8, 4) is 0 Å². The number of nitrogens with one attached hydrogen (secondary N) is 1. The van der Waals surface area contributed by atoms with Crippen molar-refractivity contribution in [1.82, 2.24) is 25.2 Å². The lowest BCUT2D eigenvalue weighted by atomic mass is 9.89. The first-order valence-corrected chi connectivity index (χ1v) is 9.64. The van der Waals surface area contributed by atoms with Crippen LogP contribution in [0.1, 0.15) is 28.9 Å². The number of carbonyl (C=O) groups excluding carboxylic acids is 2. The summed E-state index contributed by atoms with van der Waals surface area (Å²) in [6.45, 7) is 3.23. The molecule has 5 rings (SSSR count). The van der Waals surface area contributed by atoms with Gasteiger partial charge in [0, 0.05) is 44.0 Å². The van der Waals surface area contributed by atoms with E-state index in [1.807, 2.05) is 15.9 Å². The van der Waals surface area contributed by atoms with E-state index in [0.717, 1.165) is 5.56 Å². The van der Waals surface area contributed by atoms with Crippen LogP contribution in [0.15, 0.2) is 42.5 Å². The summed E-state index contributed by atoms with van der Waals surface area (Å²) in [7, 11) is 0. The Morgan fingerprint density at radius 3 is 2.69 bits per heavy atom. The molecule has 2 aliphatic rings. The number of carbonyl (C=O) groups is 2. The van der Waals surface area contributed by atoms with Gasteiger partial charge in [-0.15, -0.1) is 0 Å². The number of fused-ring (bicyclic) bond motifs is 2. The summed E-state index contributed by atoms with van der Waals surface area (Å²) in [5.74, 6) is -0.145. The Morgan fingerprint density at radius 2 is 1.90 bits per heavy atom. The average Bonchev–Trinajstić information content (AvgIpc) is 3.40. The van der Waals surface area contributed by atoms with Crippen LogP contribution < -0.4 is 0 Å². The van der Waals surface area contributed by atoms with E-state index < -0.39 is 0 Å². The summed E-state index contributed by atoms with van der Waals surface area (Å²) in [5.41, 5.74) is 2.71. The van der Waals surface area contributed by atoms with E-state index in [4.69, 9.17) is 0 Å². The average molecular weight is 393 g/mol. The third-order valence-electron chi connectivity index (χ3n) is 6.11. The second kappa shape index (κ2) is 6.65. The van der Waals surface area contributed by atoms with Crippen molar-refractivity contribution in [2.75, 3.05) is 19.6 Å².